The van der Waals surface area contributed by atoms with Crippen LogP contribution in [0.3, 0.4) is 0 Å². The number of hydrogen-bond donors (Lipinski definition) is 1. The van der Waals surface area contributed by atoms with E-state index in [9.17, 15) is 5.11 Å². The van der Waals surface area contributed by atoms with E-state index in [4.69, 9.17) is 9.47 Å². The lowest BCUT2D eigenvalue weighted by Crippen LogP contribution is -2.31. The van der Waals surface area contributed by atoms with E-state index in [1.165, 1.54) is 16.7 Å². The highest BCUT2D eigenvalue weighted by Crippen LogP contribution is 2.33. The average Bonchev–Trinajstić information content (AvgIpc) is 3.05. The van der Waals surface area contributed by atoms with Gasteiger partial charge in [0.15, 0.2) is 11.5 Å². The highest BCUT2D eigenvalue weighted by molar-refractivity contribution is 5.44. The Labute approximate surface area is 150 Å². The molecule has 0 fully saturated rings. The summed E-state index contributed by atoms with van der Waals surface area (Å²) in [5, 5.41) is 10.3. The molecule has 2 aromatic carbocycles. The summed E-state index contributed by atoms with van der Waals surface area (Å²) in [6.45, 7) is 6.74. The number of aliphatic hydroxyl groups excluding tert-OH is 1. The number of hydrogen-bond acceptors (Lipinski definition) is 4. The van der Waals surface area contributed by atoms with Crippen LogP contribution in [0.15, 0.2) is 42.5 Å². The largest absolute Gasteiger partial charge is 0.454 e. The SMILES string of the molecule is CCC[C@@H](O)CN(Cc1ccc(C)cc1)Cc1ccc2c(c1)OCO2. The normalized spacial score (nSPS) is 14.1. The fourth-order valence-corrected chi connectivity index (χ4v) is 3.16. The van der Waals surface area contributed by atoms with Gasteiger partial charge in [0, 0.05) is 19.6 Å². The maximum Gasteiger partial charge on any atom is 0.231 e. The van der Waals surface area contributed by atoms with Gasteiger partial charge in [0.2, 0.25) is 6.79 Å². The topological polar surface area (TPSA) is 41.9 Å². The van der Waals surface area contributed by atoms with E-state index in [0.717, 1.165) is 37.4 Å². The van der Waals surface area contributed by atoms with E-state index in [0.29, 0.717) is 13.3 Å². The minimum atomic E-state index is -0.301. The van der Waals surface area contributed by atoms with Gasteiger partial charge in [-0.1, -0.05) is 49.2 Å². The smallest absolute Gasteiger partial charge is 0.231 e. The first-order valence-electron chi connectivity index (χ1n) is 8.98. The van der Waals surface area contributed by atoms with Crippen LogP contribution in [0.1, 0.15) is 36.5 Å². The van der Waals surface area contributed by atoms with Crippen molar-refractivity contribution in [1.82, 2.24) is 4.90 Å². The minimum Gasteiger partial charge on any atom is -0.454 e. The molecule has 4 heteroatoms. The summed E-state index contributed by atoms with van der Waals surface area (Å²) in [4.78, 5) is 2.29. The lowest BCUT2D eigenvalue weighted by molar-refractivity contribution is 0.0970. The molecule has 1 N–H and O–H groups in total. The van der Waals surface area contributed by atoms with Gasteiger partial charge in [0.05, 0.1) is 6.10 Å². The van der Waals surface area contributed by atoms with E-state index in [-0.39, 0.29) is 6.10 Å². The van der Waals surface area contributed by atoms with Crippen LogP contribution in [0.25, 0.3) is 0 Å². The van der Waals surface area contributed by atoms with Gasteiger partial charge < -0.3 is 14.6 Å². The Balaban J connectivity index is 1.71. The zero-order chi connectivity index (χ0) is 17.6. The Kier molecular flexibility index (Phi) is 5.95. The van der Waals surface area contributed by atoms with Crippen LogP contribution in [0.4, 0.5) is 0 Å². The van der Waals surface area contributed by atoms with E-state index in [1.807, 2.05) is 12.1 Å². The molecule has 1 atom stereocenters. The first-order valence-corrected chi connectivity index (χ1v) is 8.98. The van der Waals surface area contributed by atoms with Crippen LogP contribution in [0, 0.1) is 6.92 Å². The number of benzene rings is 2. The van der Waals surface area contributed by atoms with E-state index in [1.54, 1.807) is 0 Å². The molecule has 0 unspecified atom stereocenters. The van der Waals surface area contributed by atoms with Crippen molar-refractivity contribution in [3.05, 3.63) is 59.2 Å². The highest BCUT2D eigenvalue weighted by Gasteiger charge is 2.16. The Morgan fingerprint density at radius 2 is 1.68 bits per heavy atom. The molecule has 0 radical (unpaired) electrons. The summed E-state index contributed by atoms with van der Waals surface area (Å²) in [7, 11) is 0. The Hall–Kier alpha value is -2.04. The van der Waals surface area contributed by atoms with E-state index >= 15 is 0 Å². The second kappa shape index (κ2) is 8.37. The molecule has 3 rings (SSSR count). The fraction of sp³-hybridized carbons (Fsp3) is 0.429. The molecule has 2 aromatic rings. The summed E-state index contributed by atoms with van der Waals surface area (Å²) in [5.74, 6) is 1.61. The second-order valence-electron chi connectivity index (χ2n) is 6.79. The molecular formula is C21H27NO3. The number of aliphatic hydroxyl groups is 1. The molecular weight excluding hydrogens is 314 g/mol. The van der Waals surface area contributed by atoms with Crippen LogP contribution in [0.5, 0.6) is 11.5 Å². The van der Waals surface area contributed by atoms with Crippen molar-refractivity contribution in [1.29, 1.82) is 0 Å². The monoisotopic (exact) mass is 341 g/mol. The molecule has 1 aliphatic heterocycles. The number of rotatable bonds is 8. The molecule has 134 valence electrons. The maximum atomic E-state index is 10.3. The number of ether oxygens (including phenoxy) is 2. The summed E-state index contributed by atoms with van der Waals surface area (Å²) >= 11 is 0. The molecule has 0 saturated heterocycles. The highest BCUT2D eigenvalue weighted by atomic mass is 16.7. The summed E-state index contributed by atoms with van der Waals surface area (Å²) in [6.07, 6.45) is 1.51. The van der Waals surface area contributed by atoms with Crippen molar-refractivity contribution in [2.75, 3.05) is 13.3 Å². The van der Waals surface area contributed by atoms with Crippen molar-refractivity contribution >= 4 is 0 Å². The summed E-state index contributed by atoms with van der Waals surface area (Å²) in [6, 6.07) is 14.7. The first kappa shape index (κ1) is 17.8. The molecule has 1 aliphatic rings. The molecule has 0 aromatic heterocycles. The zero-order valence-corrected chi connectivity index (χ0v) is 15.1. The summed E-state index contributed by atoms with van der Waals surface area (Å²) < 4.78 is 10.9. The van der Waals surface area contributed by atoms with Crippen LogP contribution >= 0.6 is 0 Å². The number of aryl methyl sites for hydroxylation is 1. The van der Waals surface area contributed by atoms with Crippen molar-refractivity contribution in [2.24, 2.45) is 0 Å². The molecule has 4 nitrogen and oxygen atoms in total. The molecule has 1 heterocycles. The molecule has 0 aliphatic carbocycles. The maximum absolute atomic E-state index is 10.3. The fourth-order valence-electron chi connectivity index (χ4n) is 3.16. The lowest BCUT2D eigenvalue weighted by Gasteiger charge is -2.25. The van der Waals surface area contributed by atoms with Gasteiger partial charge in [-0.2, -0.15) is 0 Å². The molecule has 25 heavy (non-hydrogen) atoms. The minimum absolute atomic E-state index is 0.293. The average molecular weight is 341 g/mol. The van der Waals surface area contributed by atoms with Gasteiger partial charge in [0.25, 0.3) is 0 Å². The predicted molar refractivity (Wildman–Crippen MR) is 98.8 cm³/mol. The lowest BCUT2D eigenvalue weighted by atomic mass is 10.1. The third kappa shape index (κ3) is 4.97. The van der Waals surface area contributed by atoms with Crippen LogP contribution in [0.2, 0.25) is 0 Å². The molecule has 0 bridgehead atoms. The molecule has 0 saturated carbocycles. The predicted octanol–water partition coefficient (Wildman–Crippen LogP) is 3.89. The number of fused-ring (bicyclic) bond motifs is 1. The van der Waals surface area contributed by atoms with Crippen molar-refractivity contribution in [2.45, 2.75) is 45.9 Å². The molecule has 0 amide bonds. The van der Waals surface area contributed by atoms with Crippen LogP contribution in [-0.4, -0.2) is 29.4 Å². The van der Waals surface area contributed by atoms with Gasteiger partial charge in [0.1, 0.15) is 0 Å². The summed E-state index contributed by atoms with van der Waals surface area (Å²) in [5.41, 5.74) is 3.69. The quantitative estimate of drug-likeness (QED) is 0.791. The second-order valence-corrected chi connectivity index (χ2v) is 6.79. The van der Waals surface area contributed by atoms with E-state index in [2.05, 4.69) is 49.1 Å². The zero-order valence-electron chi connectivity index (χ0n) is 15.1. The van der Waals surface area contributed by atoms with Gasteiger partial charge in [-0.25, -0.2) is 0 Å². The standard InChI is InChI=1S/C21H27NO3/c1-3-4-19(23)14-22(12-17-7-5-16(2)6-8-17)13-18-9-10-20-21(11-18)25-15-24-20/h5-11,19,23H,3-4,12-15H2,1-2H3/t19-/m1/s1. The Morgan fingerprint density at radius 3 is 2.44 bits per heavy atom. The number of nitrogens with zero attached hydrogens (tertiary/aromatic N) is 1. The van der Waals surface area contributed by atoms with Crippen molar-refractivity contribution < 1.29 is 14.6 Å². The van der Waals surface area contributed by atoms with Crippen molar-refractivity contribution in [3.63, 3.8) is 0 Å². The van der Waals surface area contributed by atoms with Crippen molar-refractivity contribution in [3.8, 4) is 11.5 Å². The molecule has 0 spiro atoms. The van der Waals surface area contributed by atoms with Gasteiger partial charge in [-0.3, -0.25) is 4.90 Å². The Morgan fingerprint density at radius 1 is 1.00 bits per heavy atom. The third-order valence-corrected chi connectivity index (χ3v) is 4.46. The van der Waals surface area contributed by atoms with Gasteiger partial charge in [-0.15, -0.1) is 0 Å². The van der Waals surface area contributed by atoms with Crippen LogP contribution in [-0.2, 0) is 13.1 Å². The van der Waals surface area contributed by atoms with E-state index < -0.39 is 0 Å². The third-order valence-electron chi connectivity index (χ3n) is 4.46. The first-order chi connectivity index (χ1) is 12.1. The van der Waals surface area contributed by atoms with Crippen LogP contribution < -0.4 is 9.47 Å². The Bertz CT molecular complexity index is 684. The van der Waals surface area contributed by atoms with Gasteiger partial charge >= 0.3 is 0 Å². The van der Waals surface area contributed by atoms with Gasteiger partial charge in [-0.05, 0) is 36.6 Å².